The Balaban J connectivity index is 1.42. The van der Waals surface area contributed by atoms with Crippen LogP contribution in [0.2, 0.25) is 0 Å². The molecule has 0 bridgehead atoms. The largest absolute Gasteiger partial charge is 0.375 e. The molecule has 4 rings (SSSR count). The summed E-state index contributed by atoms with van der Waals surface area (Å²) < 4.78 is 7.69. The summed E-state index contributed by atoms with van der Waals surface area (Å²) in [5.74, 6) is 0.711. The van der Waals surface area contributed by atoms with Gasteiger partial charge < -0.3 is 14.5 Å². The fraction of sp³-hybridized carbons (Fsp3) is 0.556. The molecule has 2 aromatic heterocycles. The number of carbonyl (C=O) groups is 1. The Morgan fingerprint density at radius 1 is 1.12 bits per heavy atom. The van der Waals surface area contributed by atoms with E-state index in [-0.39, 0.29) is 12.0 Å². The van der Waals surface area contributed by atoms with Gasteiger partial charge in [-0.3, -0.25) is 9.36 Å². The summed E-state index contributed by atoms with van der Waals surface area (Å²) in [6.07, 6.45) is 8.27. The minimum absolute atomic E-state index is 0.0183. The van der Waals surface area contributed by atoms with Crippen LogP contribution in [0.1, 0.15) is 29.6 Å². The number of amides is 1. The van der Waals surface area contributed by atoms with Gasteiger partial charge in [-0.2, -0.15) is 0 Å². The molecule has 138 valence electrons. The van der Waals surface area contributed by atoms with Crippen LogP contribution in [0.4, 0.5) is 0 Å². The Kier molecular flexibility index (Phi) is 5.21. The number of hydrogen-bond acceptors (Lipinski definition) is 6. The number of aromatic nitrogens is 4. The average molecular weight is 356 g/mol. The van der Waals surface area contributed by atoms with Crippen molar-refractivity contribution in [2.24, 2.45) is 0 Å². The highest BCUT2D eigenvalue weighted by molar-refractivity contribution is 5.94. The van der Waals surface area contributed by atoms with Crippen molar-refractivity contribution in [2.45, 2.75) is 25.4 Å². The summed E-state index contributed by atoms with van der Waals surface area (Å²) in [4.78, 5) is 21.6. The van der Waals surface area contributed by atoms with E-state index in [9.17, 15) is 4.79 Å². The minimum Gasteiger partial charge on any atom is -0.375 e. The van der Waals surface area contributed by atoms with Gasteiger partial charge >= 0.3 is 0 Å². The number of pyridine rings is 1. The van der Waals surface area contributed by atoms with E-state index in [1.54, 1.807) is 23.4 Å². The van der Waals surface area contributed by atoms with E-state index >= 15 is 0 Å². The maximum absolute atomic E-state index is 12.9. The first-order valence-corrected chi connectivity index (χ1v) is 9.24. The lowest BCUT2D eigenvalue weighted by Crippen LogP contribution is -2.41. The molecule has 0 saturated carbocycles. The summed E-state index contributed by atoms with van der Waals surface area (Å²) in [6, 6.07) is 3.62. The van der Waals surface area contributed by atoms with Crippen LogP contribution in [0.15, 0.2) is 31.0 Å². The zero-order valence-corrected chi connectivity index (χ0v) is 14.8. The minimum atomic E-state index is 0.0183. The number of nitrogens with zero attached hydrogens (tertiary/aromatic N) is 6. The first kappa shape index (κ1) is 17.1. The zero-order chi connectivity index (χ0) is 17.8. The number of rotatable bonds is 4. The second-order valence-corrected chi connectivity index (χ2v) is 6.88. The van der Waals surface area contributed by atoms with Gasteiger partial charge in [0.15, 0.2) is 0 Å². The predicted octanol–water partition coefficient (Wildman–Crippen LogP) is 0.989. The third kappa shape index (κ3) is 3.91. The van der Waals surface area contributed by atoms with Gasteiger partial charge in [0, 0.05) is 32.4 Å². The van der Waals surface area contributed by atoms with Crippen LogP contribution in [0.25, 0.3) is 5.82 Å². The molecule has 0 aromatic carbocycles. The molecule has 2 aliphatic heterocycles. The molecule has 2 fully saturated rings. The Hall–Kier alpha value is -2.32. The van der Waals surface area contributed by atoms with E-state index in [1.165, 1.54) is 12.8 Å². The number of carbonyl (C=O) groups excluding carboxylic acids is 1. The molecular weight excluding hydrogens is 332 g/mol. The van der Waals surface area contributed by atoms with E-state index in [0.717, 1.165) is 32.6 Å². The van der Waals surface area contributed by atoms with Gasteiger partial charge in [0.05, 0.1) is 11.7 Å². The second kappa shape index (κ2) is 7.92. The lowest BCUT2D eigenvalue weighted by atomic mass is 10.2. The number of hydrogen-bond donors (Lipinski definition) is 0. The third-order valence-corrected chi connectivity index (χ3v) is 4.98. The van der Waals surface area contributed by atoms with Crippen LogP contribution in [0, 0.1) is 0 Å². The van der Waals surface area contributed by atoms with Gasteiger partial charge in [-0.05, 0) is 44.5 Å². The van der Waals surface area contributed by atoms with Gasteiger partial charge in [-0.1, -0.05) is 0 Å². The van der Waals surface area contributed by atoms with Gasteiger partial charge in [-0.25, -0.2) is 4.98 Å². The SMILES string of the molecule is O=C(c1ccc(-n2cnnc2)nc1)N1CCCOC(CN2CCCC2)C1. The molecule has 8 heteroatoms. The van der Waals surface area contributed by atoms with Gasteiger partial charge in [-0.15, -0.1) is 10.2 Å². The van der Waals surface area contributed by atoms with Gasteiger partial charge in [0.2, 0.25) is 0 Å². The molecule has 0 spiro atoms. The predicted molar refractivity (Wildman–Crippen MR) is 95.1 cm³/mol. The molecule has 0 N–H and O–H groups in total. The molecule has 0 radical (unpaired) electrons. The molecule has 1 atom stereocenters. The van der Waals surface area contributed by atoms with Gasteiger partial charge in [0.25, 0.3) is 5.91 Å². The highest BCUT2D eigenvalue weighted by atomic mass is 16.5. The van der Waals surface area contributed by atoms with Crippen LogP contribution in [-0.4, -0.2) is 80.9 Å². The third-order valence-electron chi connectivity index (χ3n) is 4.98. The highest BCUT2D eigenvalue weighted by Crippen LogP contribution is 2.15. The van der Waals surface area contributed by atoms with Crippen LogP contribution in [0.5, 0.6) is 0 Å². The zero-order valence-electron chi connectivity index (χ0n) is 14.8. The quantitative estimate of drug-likeness (QED) is 0.813. The molecular formula is C18H24N6O2. The molecule has 2 aliphatic rings. The van der Waals surface area contributed by atoms with Crippen LogP contribution in [0.3, 0.4) is 0 Å². The van der Waals surface area contributed by atoms with Crippen molar-refractivity contribution in [3.8, 4) is 5.82 Å². The molecule has 1 amide bonds. The highest BCUT2D eigenvalue weighted by Gasteiger charge is 2.26. The molecule has 1 unspecified atom stereocenters. The van der Waals surface area contributed by atoms with Crippen molar-refractivity contribution < 1.29 is 9.53 Å². The Morgan fingerprint density at radius 2 is 1.92 bits per heavy atom. The topological polar surface area (TPSA) is 76.4 Å². The van der Waals surface area contributed by atoms with E-state index in [0.29, 0.717) is 24.5 Å². The molecule has 2 saturated heterocycles. The van der Waals surface area contributed by atoms with Crippen molar-refractivity contribution in [3.05, 3.63) is 36.5 Å². The van der Waals surface area contributed by atoms with Crippen molar-refractivity contribution in [3.63, 3.8) is 0 Å². The fourth-order valence-electron chi connectivity index (χ4n) is 3.61. The van der Waals surface area contributed by atoms with Crippen molar-refractivity contribution in [1.29, 1.82) is 0 Å². The maximum Gasteiger partial charge on any atom is 0.255 e. The average Bonchev–Trinajstić information content (AvgIpc) is 3.33. The molecule has 8 nitrogen and oxygen atoms in total. The summed E-state index contributed by atoms with van der Waals surface area (Å²) in [5, 5.41) is 7.54. The van der Waals surface area contributed by atoms with Crippen LogP contribution >= 0.6 is 0 Å². The normalized spacial score (nSPS) is 21.7. The van der Waals surface area contributed by atoms with Crippen molar-refractivity contribution >= 4 is 5.91 Å². The summed E-state index contributed by atoms with van der Waals surface area (Å²) >= 11 is 0. The molecule has 0 aliphatic carbocycles. The standard InChI is InChI=1S/C18H24N6O2/c25-18(15-4-5-17(19-10-15)24-13-20-21-14-24)23-8-3-9-26-16(12-23)11-22-6-1-2-7-22/h4-5,10,13-14,16H,1-3,6-9,11-12H2. The lowest BCUT2D eigenvalue weighted by Gasteiger charge is -2.27. The van der Waals surface area contributed by atoms with Crippen molar-refractivity contribution in [1.82, 2.24) is 29.5 Å². The molecule has 4 heterocycles. The van der Waals surface area contributed by atoms with Crippen LogP contribution < -0.4 is 0 Å². The Labute approximate surface area is 152 Å². The smallest absolute Gasteiger partial charge is 0.255 e. The first-order valence-electron chi connectivity index (χ1n) is 9.24. The number of ether oxygens (including phenoxy) is 1. The van der Waals surface area contributed by atoms with Crippen molar-refractivity contribution in [2.75, 3.05) is 39.3 Å². The van der Waals surface area contributed by atoms with E-state index in [2.05, 4.69) is 20.1 Å². The summed E-state index contributed by atoms with van der Waals surface area (Å²) in [5.41, 5.74) is 0.601. The summed E-state index contributed by atoms with van der Waals surface area (Å²) in [6.45, 7) is 5.28. The summed E-state index contributed by atoms with van der Waals surface area (Å²) in [7, 11) is 0. The second-order valence-electron chi connectivity index (χ2n) is 6.88. The van der Waals surface area contributed by atoms with E-state index in [1.807, 2.05) is 17.0 Å². The molecule has 2 aromatic rings. The van der Waals surface area contributed by atoms with E-state index < -0.39 is 0 Å². The fourth-order valence-corrected chi connectivity index (χ4v) is 3.61. The monoisotopic (exact) mass is 356 g/mol. The molecule has 26 heavy (non-hydrogen) atoms. The number of likely N-dealkylation sites (tertiary alicyclic amines) is 1. The first-order chi connectivity index (χ1) is 12.8. The lowest BCUT2D eigenvalue weighted by molar-refractivity contribution is 0.0297. The van der Waals surface area contributed by atoms with Crippen LogP contribution in [-0.2, 0) is 4.74 Å². The Morgan fingerprint density at radius 3 is 2.65 bits per heavy atom. The Bertz CT molecular complexity index is 712. The van der Waals surface area contributed by atoms with E-state index in [4.69, 9.17) is 4.74 Å². The maximum atomic E-state index is 12.9. The van der Waals surface area contributed by atoms with Gasteiger partial charge in [0.1, 0.15) is 18.5 Å².